The fourth-order valence-electron chi connectivity index (χ4n) is 2.54. The Labute approximate surface area is 114 Å². The SMILES string of the molecule is [C-]#[N+][C@]1(CO)C(=C)[C@@H](n2cc(C)c(=O)[nH]c2=O)C[C@@H]1O. The highest BCUT2D eigenvalue weighted by atomic mass is 16.3. The number of aliphatic hydroxyl groups is 2. The Morgan fingerprint density at radius 3 is 2.80 bits per heavy atom. The van der Waals surface area contributed by atoms with Crippen molar-refractivity contribution in [2.45, 2.75) is 31.0 Å². The first-order valence-electron chi connectivity index (χ1n) is 6.06. The highest BCUT2D eigenvalue weighted by molar-refractivity contribution is 5.36. The summed E-state index contributed by atoms with van der Waals surface area (Å²) in [7, 11) is 0. The van der Waals surface area contributed by atoms with E-state index in [1.165, 1.54) is 10.8 Å². The molecule has 20 heavy (non-hydrogen) atoms. The van der Waals surface area contributed by atoms with E-state index in [9.17, 15) is 19.8 Å². The van der Waals surface area contributed by atoms with Gasteiger partial charge in [0.05, 0.1) is 6.04 Å². The van der Waals surface area contributed by atoms with Crippen LogP contribution >= 0.6 is 0 Å². The first-order valence-corrected chi connectivity index (χ1v) is 6.06. The fourth-order valence-corrected chi connectivity index (χ4v) is 2.54. The van der Waals surface area contributed by atoms with Crippen LogP contribution in [-0.4, -0.2) is 38.0 Å². The van der Waals surface area contributed by atoms with Crippen molar-refractivity contribution in [2.24, 2.45) is 0 Å². The number of aromatic nitrogens is 2. The summed E-state index contributed by atoms with van der Waals surface area (Å²) in [4.78, 5) is 28.7. The fraction of sp³-hybridized carbons (Fsp3) is 0.462. The third kappa shape index (κ3) is 1.81. The van der Waals surface area contributed by atoms with Crippen LogP contribution in [0.2, 0.25) is 0 Å². The van der Waals surface area contributed by atoms with Gasteiger partial charge in [-0.05, 0) is 6.92 Å². The molecule has 1 aromatic heterocycles. The third-order valence-electron chi connectivity index (χ3n) is 3.88. The Bertz CT molecular complexity index is 712. The van der Waals surface area contributed by atoms with E-state index in [0.29, 0.717) is 5.56 Å². The van der Waals surface area contributed by atoms with Crippen LogP contribution in [0.3, 0.4) is 0 Å². The molecule has 1 saturated carbocycles. The number of H-pyrrole nitrogens is 1. The lowest BCUT2D eigenvalue weighted by Gasteiger charge is -2.19. The third-order valence-corrected chi connectivity index (χ3v) is 3.88. The molecule has 1 fully saturated rings. The molecule has 0 amide bonds. The highest BCUT2D eigenvalue weighted by Crippen LogP contribution is 2.43. The molecule has 0 unspecified atom stereocenters. The number of hydrogen-bond acceptors (Lipinski definition) is 4. The second kappa shape index (κ2) is 4.74. The molecule has 1 aliphatic carbocycles. The van der Waals surface area contributed by atoms with E-state index in [4.69, 9.17) is 6.57 Å². The number of aliphatic hydroxyl groups excluding tert-OH is 2. The maximum Gasteiger partial charge on any atom is 0.328 e. The predicted octanol–water partition coefficient (Wildman–Crippen LogP) is -0.643. The van der Waals surface area contributed by atoms with Crippen molar-refractivity contribution < 1.29 is 10.2 Å². The van der Waals surface area contributed by atoms with Crippen molar-refractivity contribution in [2.75, 3.05) is 6.61 Å². The molecule has 0 radical (unpaired) electrons. The number of aromatic amines is 1. The number of nitrogens with one attached hydrogen (secondary N) is 1. The van der Waals surface area contributed by atoms with E-state index >= 15 is 0 Å². The Kier molecular flexibility index (Phi) is 3.38. The minimum atomic E-state index is -1.49. The van der Waals surface area contributed by atoms with E-state index in [1.807, 2.05) is 0 Å². The Balaban J connectivity index is 2.55. The zero-order valence-corrected chi connectivity index (χ0v) is 11.0. The minimum absolute atomic E-state index is 0.0904. The molecule has 3 N–H and O–H groups in total. The van der Waals surface area contributed by atoms with Crippen LogP contribution in [0.1, 0.15) is 18.0 Å². The molecule has 3 atom stereocenters. The van der Waals surface area contributed by atoms with Crippen molar-refractivity contribution in [3.8, 4) is 0 Å². The van der Waals surface area contributed by atoms with Gasteiger partial charge in [0.15, 0.2) is 0 Å². The van der Waals surface area contributed by atoms with E-state index in [0.717, 1.165) is 0 Å². The smallest absolute Gasteiger partial charge is 0.328 e. The van der Waals surface area contributed by atoms with Crippen LogP contribution in [0.15, 0.2) is 27.9 Å². The van der Waals surface area contributed by atoms with E-state index in [-0.39, 0.29) is 12.0 Å². The molecule has 1 heterocycles. The van der Waals surface area contributed by atoms with Gasteiger partial charge in [0.25, 0.3) is 5.56 Å². The lowest BCUT2D eigenvalue weighted by atomic mass is 9.93. The second-order valence-electron chi connectivity index (χ2n) is 4.97. The van der Waals surface area contributed by atoms with Crippen molar-refractivity contribution in [1.82, 2.24) is 9.55 Å². The molecule has 2 rings (SSSR count). The van der Waals surface area contributed by atoms with Gasteiger partial charge in [-0.1, -0.05) is 6.58 Å². The lowest BCUT2D eigenvalue weighted by molar-refractivity contribution is 0.0987. The number of aryl methyl sites for hydroxylation is 1. The molecule has 106 valence electrons. The predicted molar refractivity (Wildman–Crippen MR) is 71.3 cm³/mol. The van der Waals surface area contributed by atoms with Gasteiger partial charge in [0.1, 0.15) is 12.7 Å². The largest absolute Gasteiger partial charge is 0.387 e. The van der Waals surface area contributed by atoms with Crippen molar-refractivity contribution in [1.29, 1.82) is 0 Å². The first kappa shape index (κ1) is 14.2. The van der Waals surface area contributed by atoms with Gasteiger partial charge in [-0.3, -0.25) is 19.2 Å². The van der Waals surface area contributed by atoms with Crippen LogP contribution in [-0.2, 0) is 0 Å². The molecule has 7 nitrogen and oxygen atoms in total. The molecular weight excluding hydrogens is 262 g/mol. The topological polar surface area (TPSA) is 99.7 Å². The number of rotatable bonds is 2. The van der Waals surface area contributed by atoms with Gasteiger partial charge in [-0.25, -0.2) is 11.4 Å². The summed E-state index contributed by atoms with van der Waals surface area (Å²) >= 11 is 0. The zero-order chi connectivity index (χ0) is 15.1. The maximum atomic E-state index is 11.9. The molecule has 0 bridgehead atoms. The van der Waals surface area contributed by atoms with E-state index in [2.05, 4.69) is 16.4 Å². The van der Waals surface area contributed by atoms with E-state index < -0.39 is 35.5 Å². The normalized spacial score (nSPS) is 29.4. The molecule has 0 spiro atoms. The Hall–Kier alpha value is -2.17. The van der Waals surface area contributed by atoms with Gasteiger partial charge in [0.2, 0.25) is 0 Å². The molecule has 1 aliphatic rings. The summed E-state index contributed by atoms with van der Waals surface area (Å²) in [5.41, 5.74) is -1.98. The summed E-state index contributed by atoms with van der Waals surface area (Å²) in [5, 5.41) is 19.4. The van der Waals surface area contributed by atoms with Gasteiger partial charge in [-0.15, -0.1) is 0 Å². The number of hydrogen-bond donors (Lipinski definition) is 3. The average Bonchev–Trinajstić information content (AvgIpc) is 2.66. The summed E-state index contributed by atoms with van der Waals surface area (Å²) in [5.74, 6) is 0. The summed E-state index contributed by atoms with van der Waals surface area (Å²) in [6.07, 6.45) is 0.357. The van der Waals surface area contributed by atoms with Gasteiger partial charge >= 0.3 is 11.2 Å². The molecule has 0 aromatic carbocycles. The lowest BCUT2D eigenvalue weighted by Crippen LogP contribution is -2.39. The van der Waals surface area contributed by atoms with Crippen LogP contribution in [0.5, 0.6) is 0 Å². The van der Waals surface area contributed by atoms with E-state index in [1.54, 1.807) is 6.92 Å². The highest BCUT2D eigenvalue weighted by Gasteiger charge is 2.57. The van der Waals surface area contributed by atoms with Crippen LogP contribution in [0, 0.1) is 13.5 Å². The van der Waals surface area contributed by atoms with Crippen molar-refractivity contribution >= 4 is 0 Å². The summed E-state index contributed by atoms with van der Waals surface area (Å²) in [6.45, 7) is 11.9. The monoisotopic (exact) mass is 277 g/mol. The number of nitrogens with zero attached hydrogens (tertiary/aromatic N) is 2. The minimum Gasteiger partial charge on any atom is -0.387 e. The molecule has 1 aromatic rings. The Morgan fingerprint density at radius 2 is 2.30 bits per heavy atom. The van der Waals surface area contributed by atoms with Crippen LogP contribution < -0.4 is 11.2 Å². The summed E-state index contributed by atoms with van der Waals surface area (Å²) < 4.78 is 1.24. The average molecular weight is 277 g/mol. The molecule has 0 saturated heterocycles. The Morgan fingerprint density at radius 1 is 1.65 bits per heavy atom. The quantitative estimate of drug-likeness (QED) is 0.494. The van der Waals surface area contributed by atoms with Crippen LogP contribution in [0.25, 0.3) is 4.85 Å². The summed E-state index contributed by atoms with van der Waals surface area (Å²) in [6, 6.07) is -0.630. The van der Waals surface area contributed by atoms with Crippen LogP contribution in [0.4, 0.5) is 0 Å². The second-order valence-corrected chi connectivity index (χ2v) is 4.97. The standard InChI is InChI=1S/C13H15N3O4/c1-7-5-16(12(20)15-11(7)19)9-4-10(18)13(6-17,14-3)8(9)2/h5,9-10,17-18H,2,4,6H2,1H3,(H,15,19,20)/t9-,10-,13+/m0/s1. The zero-order valence-electron chi connectivity index (χ0n) is 11.0. The van der Waals surface area contributed by atoms with Gasteiger partial charge in [0, 0.05) is 23.8 Å². The van der Waals surface area contributed by atoms with Gasteiger partial charge < -0.3 is 10.2 Å². The molecular formula is C13H15N3O4. The first-order chi connectivity index (χ1) is 9.37. The van der Waals surface area contributed by atoms with Crippen molar-refractivity contribution in [3.05, 3.63) is 56.2 Å². The maximum absolute atomic E-state index is 11.9. The molecule has 0 aliphatic heterocycles. The van der Waals surface area contributed by atoms with Crippen molar-refractivity contribution in [3.63, 3.8) is 0 Å². The molecule has 7 heteroatoms. The van der Waals surface area contributed by atoms with Gasteiger partial charge in [-0.2, -0.15) is 0 Å².